The van der Waals surface area contributed by atoms with Crippen LogP contribution in [0.3, 0.4) is 0 Å². The third kappa shape index (κ3) is 3.88. The van der Waals surface area contributed by atoms with E-state index in [9.17, 15) is 4.79 Å². The normalized spacial score (nSPS) is 20.8. The van der Waals surface area contributed by atoms with Crippen molar-refractivity contribution < 1.29 is 9.53 Å². The number of piperazine rings is 1. The number of ether oxygens (including phenoxy) is 1. The van der Waals surface area contributed by atoms with Gasteiger partial charge >= 0.3 is 6.09 Å². The van der Waals surface area contributed by atoms with Gasteiger partial charge in [-0.1, -0.05) is 11.6 Å². The second kappa shape index (κ2) is 7.03. The Labute approximate surface area is 164 Å². The van der Waals surface area contributed by atoms with Crippen LogP contribution in [-0.4, -0.2) is 51.7 Å². The highest BCUT2D eigenvalue weighted by molar-refractivity contribution is 6.35. The number of anilines is 2. The minimum absolute atomic E-state index is 0.0326. The first-order valence-corrected chi connectivity index (χ1v) is 9.41. The molecule has 0 bridgehead atoms. The van der Waals surface area contributed by atoms with E-state index in [0.717, 1.165) is 11.2 Å². The van der Waals surface area contributed by atoms with Crippen LogP contribution in [0.4, 0.5) is 16.3 Å². The molecular weight excluding hydrogens is 366 g/mol. The van der Waals surface area contributed by atoms with Gasteiger partial charge < -0.3 is 20.3 Å². The van der Waals surface area contributed by atoms with Crippen LogP contribution in [0, 0.1) is 0 Å². The largest absolute Gasteiger partial charge is 0.444 e. The molecule has 1 fully saturated rings. The first-order chi connectivity index (χ1) is 12.6. The minimum Gasteiger partial charge on any atom is -0.444 e. The summed E-state index contributed by atoms with van der Waals surface area (Å²) in [6.45, 7) is 10.8. The van der Waals surface area contributed by atoms with Crippen molar-refractivity contribution >= 4 is 40.1 Å². The number of carbonyl (C=O) groups excluding carboxylic acids is 1. The van der Waals surface area contributed by atoms with Crippen LogP contribution in [0.5, 0.6) is 0 Å². The number of hydrogen-bond donors (Lipinski definition) is 1. The van der Waals surface area contributed by atoms with Gasteiger partial charge in [-0.25, -0.2) is 14.8 Å². The highest BCUT2D eigenvalue weighted by Crippen LogP contribution is 2.35. The zero-order valence-electron chi connectivity index (χ0n) is 16.4. The number of nitrogens with zero attached hydrogens (tertiary/aromatic N) is 4. The molecule has 8 heteroatoms. The van der Waals surface area contributed by atoms with Crippen LogP contribution in [0.2, 0.25) is 5.02 Å². The molecule has 1 saturated heterocycles. The molecule has 2 N–H and O–H groups in total. The topological polar surface area (TPSA) is 84.6 Å². The monoisotopic (exact) mass is 391 g/mol. The number of nitrogens with two attached hydrogens (primary N) is 1. The molecule has 1 aromatic carbocycles. The molecule has 0 radical (unpaired) electrons. The third-order valence-corrected chi connectivity index (χ3v) is 4.94. The van der Waals surface area contributed by atoms with Gasteiger partial charge in [0.2, 0.25) is 0 Å². The van der Waals surface area contributed by atoms with Gasteiger partial charge in [-0.15, -0.1) is 0 Å². The Hall–Kier alpha value is -2.28. The maximum Gasteiger partial charge on any atom is 0.410 e. The maximum absolute atomic E-state index is 12.5. The van der Waals surface area contributed by atoms with Gasteiger partial charge in [0, 0.05) is 30.9 Å². The zero-order chi connectivity index (χ0) is 19.9. The molecule has 1 aromatic heterocycles. The number of halogens is 1. The summed E-state index contributed by atoms with van der Waals surface area (Å²) in [5.41, 5.74) is 6.90. The number of benzene rings is 1. The highest BCUT2D eigenvalue weighted by Gasteiger charge is 2.35. The standard InChI is InChI=1S/C19H26ClN5O2/c1-11-9-25(18(26)27-19(3,4)5)12(2)8-24(11)17-15-14(21)7-6-13(20)16(15)22-10-23-17/h6-7,10-12H,8-9,21H2,1-5H3/t11-,12+/m0/s1. The average Bonchev–Trinajstić information content (AvgIpc) is 2.58. The molecule has 0 aliphatic carbocycles. The van der Waals surface area contributed by atoms with E-state index in [2.05, 4.69) is 21.8 Å². The van der Waals surface area contributed by atoms with E-state index in [4.69, 9.17) is 22.1 Å². The average molecular weight is 392 g/mol. The molecule has 1 aliphatic rings. The Bertz CT molecular complexity index is 867. The Kier molecular flexibility index (Phi) is 5.08. The molecule has 27 heavy (non-hydrogen) atoms. The molecular formula is C19H26ClN5O2. The predicted molar refractivity (Wildman–Crippen MR) is 108 cm³/mol. The van der Waals surface area contributed by atoms with Crippen molar-refractivity contribution in [1.29, 1.82) is 0 Å². The second-order valence-corrected chi connectivity index (χ2v) is 8.45. The number of carbonyl (C=O) groups is 1. The van der Waals surface area contributed by atoms with E-state index >= 15 is 0 Å². The fourth-order valence-electron chi connectivity index (χ4n) is 3.36. The smallest absolute Gasteiger partial charge is 0.410 e. The molecule has 0 spiro atoms. The molecule has 3 rings (SSSR count). The van der Waals surface area contributed by atoms with Gasteiger partial charge in [-0.3, -0.25) is 0 Å². The van der Waals surface area contributed by atoms with Crippen LogP contribution in [0.1, 0.15) is 34.6 Å². The third-order valence-electron chi connectivity index (χ3n) is 4.64. The van der Waals surface area contributed by atoms with E-state index in [-0.39, 0.29) is 18.2 Å². The molecule has 2 heterocycles. The quantitative estimate of drug-likeness (QED) is 0.746. The van der Waals surface area contributed by atoms with Crippen LogP contribution < -0.4 is 10.6 Å². The fraction of sp³-hybridized carbons (Fsp3) is 0.526. The molecule has 1 aliphatic heterocycles. The van der Waals surface area contributed by atoms with Gasteiger partial charge in [0.25, 0.3) is 0 Å². The lowest BCUT2D eigenvalue weighted by molar-refractivity contribution is 0.0130. The Morgan fingerprint density at radius 2 is 1.93 bits per heavy atom. The number of rotatable bonds is 1. The van der Waals surface area contributed by atoms with Crippen molar-refractivity contribution in [2.24, 2.45) is 0 Å². The Morgan fingerprint density at radius 1 is 1.22 bits per heavy atom. The van der Waals surface area contributed by atoms with Crippen molar-refractivity contribution in [2.45, 2.75) is 52.3 Å². The van der Waals surface area contributed by atoms with Crippen LogP contribution >= 0.6 is 11.6 Å². The summed E-state index contributed by atoms with van der Waals surface area (Å²) in [5.74, 6) is 0.739. The number of fused-ring (bicyclic) bond motifs is 1. The molecule has 0 unspecified atom stereocenters. The lowest BCUT2D eigenvalue weighted by atomic mass is 10.1. The van der Waals surface area contributed by atoms with Crippen LogP contribution in [-0.2, 0) is 4.74 Å². The SMILES string of the molecule is C[C@@H]1CN(c2ncnc3c(Cl)ccc(N)c23)[C@@H](C)CN1C(=O)OC(C)(C)C. The summed E-state index contributed by atoms with van der Waals surface area (Å²) in [5, 5.41) is 1.28. The van der Waals surface area contributed by atoms with Crippen molar-refractivity contribution in [3.05, 3.63) is 23.5 Å². The zero-order valence-corrected chi connectivity index (χ0v) is 17.1. The van der Waals surface area contributed by atoms with Gasteiger partial charge in [-0.2, -0.15) is 0 Å². The molecule has 2 aromatic rings. The van der Waals surface area contributed by atoms with Crippen molar-refractivity contribution in [2.75, 3.05) is 23.7 Å². The number of amides is 1. The molecule has 2 atom stereocenters. The van der Waals surface area contributed by atoms with E-state index < -0.39 is 5.60 Å². The summed E-state index contributed by atoms with van der Waals surface area (Å²) in [7, 11) is 0. The molecule has 7 nitrogen and oxygen atoms in total. The van der Waals surface area contributed by atoms with Crippen molar-refractivity contribution in [3.63, 3.8) is 0 Å². The summed E-state index contributed by atoms with van der Waals surface area (Å²) in [6, 6.07) is 3.50. The van der Waals surface area contributed by atoms with Gasteiger partial charge in [-0.05, 0) is 46.8 Å². The first kappa shape index (κ1) is 19.5. The summed E-state index contributed by atoms with van der Waals surface area (Å²) in [6.07, 6.45) is 1.21. The number of hydrogen-bond acceptors (Lipinski definition) is 6. The van der Waals surface area contributed by atoms with E-state index in [1.54, 1.807) is 17.0 Å². The lowest BCUT2D eigenvalue weighted by Crippen LogP contribution is -2.59. The predicted octanol–water partition coefficient (Wildman–Crippen LogP) is 3.70. The Balaban J connectivity index is 1.92. The highest BCUT2D eigenvalue weighted by atomic mass is 35.5. The van der Waals surface area contributed by atoms with Crippen molar-refractivity contribution in [3.8, 4) is 0 Å². The van der Waals surface area contributed by atoms with E-state index in [1.165, 1.54) is 6.33 Å². The van der Waals surface area contributed by atoms with Crippen LogP contribution in [0.25, 0.3) is 10.9 Å². The summed E-state index contributed by atoms with van der Waals surface area (Å²) < 4.78 is 5.55. The first-order valence-electron chi connectivity index (χ1n) is 9.03. The summed E-state index contributed by atoms with van der Waals surface area (Å²) >= 11 is 6.30. The Morgan fingerprint density at radius 3 is 2.59 bits per heavy atom. The molecule has 1 amide bonds. The minimum atomic E-state index is -0.523. The van der Waals surface area contributed by atoms with Gasteiger partial charge in [0.05, 0.1) is 15.9 Å². The fourth-order valence-corrected chi connectivity index (χ4v) is 3.57. The van der Waals surface area contributed by atoms with E-state index in [1.807, 2.05) is 27.7 Å². The van der Waals surface area contributed by atoms with Gasteiger partial charge in [0.15, 0.2) is 0 Å². The maximum atomic E-state index is 12.5. The second-order valence-electron chi connectivity index (χ2n) is 8.04. The van der Waals surface area contributed by atoms with Gasteiger partial charge in [0.1, 0.15) is 17.7 Å². The van der Waals surface area contributed by atoms with Crippen LogP contribution in [0.15, 0.2) is 18.5 Å². The molecule has 0 saturated carbocycles. The summed E-state index contributed by atoms with van der Waals surface area (Å²) in [4.78, 5) is 25.2. The van der Waals surface area contributed by atoms with Crippen molar-refractivity contribution in [1.82, 2.24) is 14.9 Å². The lowest BCUT2D eigenvalue weighted by Gasteiger charge is -2.44. The van der Waals surface area contributed by atoms with E-state index in [0.29, 0.717) is 29.3 Å². The molecule has 146 valence electrons. The number of nitrogen functional groups attached to an aromatic ring is 1. The number of aromatic nitrogens is 2.